The Morgan fingerprint density at radius 2 is 1.82 bits per heavy atom. The van der Waals surface area contributed by atoms with Crippen molar-refractivity contribution in [3.8, 4) is 29.5 Å². The molecule has 4 rings (SSSR count). The maximum absolute atomic E-state index is 14.6. The Kier molecular flexibility index (Phi) is 6.01. The molecule has 168 valence electrons. The highest BCUT2D eigenvalue weighted by molar-refractivity contribution is 6.04. The van der Waals surface area contributed by atoms with Crippen LogP contribution in [-0.2, 0) is 0 Å². The quantitative estimate of drug-likeness (QED) is 0.442. The third-order valence-corrected chi connectivity index (χ3v) is 4.66. The van der Waals surface area contributed by atoms with Gasteiger partial charge in [0.1, 0.15) is 28.5 Å². The highest BCUT2D eigenvalue weighted by Gasteiger charge is 2.16. The van der Waals surface area contributed by atoms with Crippen molar-refractivity contribution in [1.82, 2.24) is 14.8 Å². The number of pyridine rings is 1. The number of anilines is 2. The molecule has 0 atom stereocenters. The molecule has 4 aromatic rings. The standard InChI is InChI=1S/C24H15F2N5O3/c1-2-17-20(10-11-28-22(17)27)34-21-8-5-15(13-19(21)26)30-23(32)18-9-12-29-31(24(18)33)16-6-3-14(25)4-7-16/h1,3-13H,(H2,27,28)(H,30,32). The number of terminal acetylenes is 1. The van der Waals surface area contributed by atoms with Crippen molar-refractivity contribution in [1.29, 1.82) is 0 Å². The van der Waals surface area contributed by atoms with Crippen molar-refractivity contribution >= 4 is 17.4 Å². The van der Waals surface area contributed by atoms with E-state index in [0.29, 0.717) is 0 Å². The maximum atomic E-state index is 14.6. The number of nitrogen functional groups attached to an aromatic ring is 1. The van der Waals surface area contributed by atoms with E-state index in [1.807, 2.05) is 0 Å². The van der Waals surface area contributed by atoms with Crippen LogP contribution in [0.25, 0.3) is 5.69 Å². The van der Waals surface area contributed by atoms with Gasteiger partial charge in [-0.1, -0.05) is 5.92 Å². The Morgan fingerprint density at radius 3 is 2.53 bits per heavy atom. The summed E-state index contributed by atoms with van der Waals surface area (Å²) in [5.41, 5.74) is 5.25. The molecular weight excluding hydrogens is 444 g/mol. The number of nitrogens with zero attached hydrogens (tertiary/aromatic N) is 3. The number of nitrogens with one attached hydrogen (secondary N) is 1. The summed E-state index contributed by atoms with van der Waals surface area (Å²) >= 11 is 0. The van der Waals surface area contributed by atoms with Gasteiger partial charge in [0.15, 0.2) is 11.6 Å². The molecule has 0 radical (unpaired) electrons. The third-order valence-electron chi connectivity index (χ3n) is 4.66. The van der Waals surface area contributed by atoms with Crippen LogP contribution in [0.2, 0.25) is 0 Å². The number of carbonyl (C=O) groups excluding carboxylic acids is 1. The largest absolute Gasteiger partial charge is 0.453 e. The van der Waals surface area contributed by atoms with E-state index in [1.165, 1.54) is 48.8 Å². The van der Waals surface area contributed by atoms with Crippen LogP contribution in [0.1, 0.15) is 15.9 Å². The average Bonchev–Trinajstić information content (AvgIpc) is 2.82. The summed E-state index contributed by atoms with van der Waals surface area (Å²) < 4.78 is 34.3. The Balaban J connectivity index is 1.56. The van der Waals surface area contributed by atoms with Gasteiger partial charge in [0.05, 0.1) is 5.69 Å². The molecule has 10 heteroatoms. The first-order valence-electron chi connectivity index (χ1n) is 9.71. The number of halogens is 2. The molecule has 2 aromatic heterocycles. The zero-order valence-corrected chi connectivity index (χ0v) is 17.3. The number of benzene rings is 2. The number of amides is 1. The van der Waals surface area contributed by atoms with E-state index in [1.54, 1.807) is 0 Å². The van der Waals surface area contributed by atoms with Gasteiger partial charge < -0.3 is 15.8 Å². The summed E-state index contributed by atoms with van der Waals surface area (Å²) in [5.74, 6) is 0.313. The molecule has 0 saturated carbocycles. The Bertz CT molecular complexity index is 1490. The molecule has 8 nitrogen and oxygen atoms in total. The monoisotopic (exact) mass is 459 g/mol. The van der Waals surface area contributed by atoms with Gasteiger partial charge in [-0.2, -0.15) is 9.78 Å². The van der Waals surface area contributed by atoms with Crippen molar-refractivity contribution in [2.24, 2.45) is 0 Å². The van der Waals surface area contributed by atoms with Crippen LogP contribution in [-0.4, -0.2) is 20.7 Å². The summed E-state index contributed by atoms with van der Waals surface area (Å²) in [4.78, 5) is 29.2. The average molecular weight is 459 g/mol. The van der Waals surface area contributed by atoms with Crippen LogP contribution in [0.3, 0.4) is 0 Å². The number of aromatic nitrogens is 3. The molecule has 0 fully saturated rings. The van der Waals surface area contributed by atoms with E-state index in [0.717, 1.165) is 22.9 Å². The molecule has 0 aliphatic carbocycles. The first kappa shape index (κ1) is 22.2. The SMILES string of the molecule is C#Cc1c(Oc2ccc(NC(=O)c3ccnn(-c4ccc(F)cc4)c3=O)cc2F)ccnc1N. The van der Waals surface area contributed by atoms with Gasteiger partial charge in [-0.05, 0) is 42.5 Å². The van der Waals surface area contributed by atoms with E-state index in [2.05, 4.69) is 21.3 Å². The maximum Gasteiger partial charge on any atom is 0.284 e. The summed E-state index contributed by atoms with van der Waals surface area (Å²) in [6, 6.07) is 11.4. The molecule has 0 bridgehead atoms. The molecule has 0 unspecified atom stereocenters. The Morgan fingerprint density at radius 1 is 1.06 bits per heavy atom. The van der Waals surface area contributed by atoms with Gasteiger partial charge in [-0.15, -0.1) is 6.42 Å². The zero-order chi connectivity index (χ0) is 24.2. The van der Waals surface area contributed by atoms with E-state index in [-0.39, 0.29) is 39.8 Å². The van der Waals surface area contributed by atoms with Crippen LogP contribution in [0.15, 0.2) is 71.8 Å². The fourth-order valence-electron chi connectivity index (χ4n) is 3.02. The zero-order valence-electron chi connectivity index (χ0n) is 17.3. The lowest BCUT2D eigenvalue weighted by Gasteiger charge is -2.11. The summed E-state index contributed by atoms with van der Waals surface area (Å²) in [6.45, 7) is 0. The van der Waals surface area contributed by atoms with Crippen molar-refractivity contribution in [2.45, 2.75) is 0 Å². The van der Waals surface area contributed by atoms with E-state index in [9.17, 15) is 18.4 Å². The number of nitrogens with two attached hydrogens (primary N) is 1. The topological polar surface area (TPSA) is 112 Å². The smallest absolute Gasteiger partial charge is 0.284 e. The fraction of sp³-hybridized carbons (Fsp3) is 0. The van der Waals surface area contributed by atoms with Crippen LogP contribution in [0, 0.1) is 24.0 Å². The van der Waals surface area contributed by atoms with Crippen molar-refractivity contribution in [2.75, 3.05) is 11.1 Å². The van der Waals surface area contributed by atoms with Gasteiger partial charge in [-0.3, -0.25) is 9.59 Å². The highest BCUT2D eigenvalue weighted by atomic mass is 19.1. The number of rotatable bonds is 5. The molecular formula is C24H15F2N5O3. The molecule has 1 amide bonds. The molecule has 2 aromatic carbocycles. The molecule has 34 heavy (non-hydrogen) atoms. The van der Waals surface area contributed by atoms with Crippen LogP contribution >= 0.6 is 0 Å². The first-order valence-corrected chi connectivity index (χ1v) is 9.71. The minimum atomic E-state index is -0.797. The van der Waals surface area contributed by atoms with Gasteiger partial charge >= 0.3 is 0 Å². The van der Waals surface area contributed by atoms with Crippen molar-refractivity contribution in [3.05, 3.63) is 100 Å². The molecule has 0 aliphatic heterocycles. The fourth-order valence-corrected chi connectivity index (χ4v) is 3.02. The normalized spacial score (nSPS) is 10.4. The first-order chi connectivity index (χ1) is 16.4. The lowest BCUT2D eigenvalue weighted by atomic mass is 10.2. The number of carbonyl (C=O) groups is 1. The van der Waals surface area contributed by atoms with E-state index in [4.69, 9.17) is 16.9 Å². The number of hydrogen-bond acceptors (Lipinski definition) is 6. The second-order valence-corrected chi connectivity index (χ2v) is 6.85. The molecule has 0 spiro atoms. The predicted molar refractivity (Wildman–Crippen MR) is 121 cm³/mol. The molecule has 0 saturated heterocycles. The lowest BCUT2D eigenvalue weighted by Crippen LogP contribution is -2.29. The number of hydrogen-bond donors (Lipinski definition) is 2. The second kappa shape index (κ2) is 9.22. The van der Waals surface area contributed by atoms with Gasteiger partial charge in [0.2, 0.25) is 0 Å². The van der Waals surface area contributed by atoms with Crippen molar-refractivity contribution in [3.63, 3.8) is 0 Å². The summed E-state index contributed by atoms with van der Waals surface area (Å²) in [7, 11) is 0. The van der Waals surface area contributed by atoms with Crippen LogP contribution in [0.5, 0.6) is 11.5 Å². The molecule has 2 heterocycles. The Hall–Kier alpha value is -5.04. The van der Waals surface area contributed by atoms with Gasteiger partial charge in [-0.25, -0.2) is 13.8 Å². The number of ether oxygens (including phenoxy) is 1. The highest BCUT2D eigenvalue weighted by Crippen LogP contribution is 2.30. The summed E-state index contributed by atoms with van der Waals surface area (Å²) in [5, 5.41) is 6.36. The third kappa shape index (κ3) is 4.44. The molecule has 3 N–H and O–H groups in total. The van der Waals surface area contributed by atoms with Gasteiger partial charge in [0, 0.05) is 30.2 Å². The van der Waals surface area contributed by atoms with E-state index >= 15 is 0 Å². The van der Waals surface area contributed by atoms with Crippen LogP contribution < -0.4 is 21.3 Å². The van der Waals surface area contributed by atoms with Crippen LogP contribution in [0.4, 0.5) is 20.3 Å². The predicted octanol–water partition coefficient (Wildman–Crippen LogP) is 3.51. The summed E-state index contributed by atoms with van der Waals surface area (Å²) in [6.07, 6.45) is 8.02. The second-order valence-electron chi connectivity index (χ2n) is 6.85. The lowest BCUT2D eigenvalue weighted by molar-refractivity contribution is 0.102. The molecule has 0 aliphatic rings. The van der Waals surface area contributed by atoms with Gasteiger partial charge in [0.25, 0.3) is 11.5 Å². The minimum absolute atomic E-state index is 0.0629. The van der Waals surface area contributed by atoms with E-state index < -0.39 is 23.1 Å². The van der Waals surface area contributed by atoms with Crippen molar-refractivity contribution < 1.29 is 18.3 Å². The Labute approximate surface area is 191 Å². The minimum Gasteiger partial charge on any atom is -0.453 e.